The van der Waals surface area contributed by atoms with Gasteiger partial charge in [0.25, 0.3) is 0 Å². The molecule has 1 amide bonds. The Bertz CT molecular complexity index is 413. The van der Waals surface area contributed by atoms with Crippen molar-refractivity contribution in [2.45, 2.75) is 18.9 Å². The normalized spacial score (nSPS) is 17.9. The third-order valence-corrected chi connectivity index (χ3v) is 3.99. The molecule has 1 aromatic carbocycles. The monoisotopic (exact) mass is 275 g/mol. The van der Waals surface area contributed by atoms with Crippen LogP contribution < -0.4 is 10.6 Å². The Labute approximate surface area is 121 Å². The van der Waals surface area contributed by atoms with Crippen LogP contribution in [0.25, 0.3) is 0 Å². The SMILES string of the molecule is CN(C)C(CNC(=O)C1CCNCC1)c1ccccc1. The minimum absolute atomic E-state index is 0.176. The van der Waals surface area contributed by atoms with Crippen LogP contribution >= 0.6 is 0 Å². The number of carbonyl (C=O) groups is 1. The first kappa shape index (κ1) is 15.0. The molecule has 4 nitrogen and oxygen atoms in total. The van der Waals surface area contributed by atoms with E-state index in [2.05, 4.69) is 27.7 Å². The average molecular weight is 275 g/mol. The van der Waals surface area contributed by atoms with E-state index < -0.39 is 0 Å². The largest absolute Gasteiger partial charge is 0.354 e. The Hall–Kier alpha value is -1.39. The predicted octanol–water partition coefficient (Wildman–Crippen LogP) is 1.41. The summed E-state index contributed by atoms with van der Waals surface area (Å²) in [5.74, 6) is 0.379. The molecule has 0 bridgehead atoms. The molecule has 1 aromatic rings. The van der Waals surface area contributed by atoms with Crippen molar-refractivity contribution in [3.8, 4) is 0 Å². The Morgan fingerprint density at radius 2 is 1.95 bits per heavy atom. The van der Waals surface area contributed by atoms with E-state index in [1.807, 2.05) is 32.3 Å². The summed E-state index contributed by atoms with van der Waals surface area (Å²) in [6, 6.07) is 10.6. The molecule has 0 radical (unpaired) electrons. The fraction of sp³-hybridized carbons (Fsp3) is 0.562. The fourth-order valence-electron chi connectivity index (χ4n) is 2.70. The Balaban J connectivity index is 1.91. The molecule has 2 rings (SSSR count). The summed E-state index contributed by atoms with van der Waals surface area (Å²) in [5, 5.41) is 6.41. The highest BCUT2D eigenvalue weighted by molar-refractivity contribution is 5.78. The van der Waals surface area contributed by atoms with Crippen molar-refractivity contribution in [2.24, 2.45) is 5.92 Å². The number of piperidine rings is 1. The van der Waals surface area contributed by atoms with Crippen LogP contribution in [-0.2, 0) is 4.79 Å². The maximum absolute atomic E-state index is 12.2. The van der Waals surface area contributed by atoms with Gasteiger partial charge in [-0.2, -0.15) is 0 Å². The number of hydrogen-bond acceptors (Lipinski definition) is 3. The zero-order chi connectivity index (χ0) is 14.4. The lowest BCUT2D eigenvalue weighted by atomic mass is 9.97. The molecule has 0 aliphatic carbocycles. The van der Waals surface area contributed by atoms with Crippen LogP contribution in [0.1, 0.15) is 24.4 Å². The molecule has 4 heteroatoms. The minimum Gasteiger partial charge on any atom is -0.354 e. The first-order valence-electron chi connectivity index (χ1n) is 7.38. The second-order valence-electron chi connectivity index (χ2n) is 5.66. The van der Waals surface area contributed by atoms with E-state index in [0.717, 1.165) is 25.9 Å². The highest BCUT2D eigenvalue weighted by Gasteiger charge is 2.22. The Kier molecular flexibility index (Phi) is 5.56. The summed E-state index contributed by atoms with van der Waals surface area (Å²) in [7, 11) is 4.10. The molecule has 1 fully saturated rings. The molecule has 1 aliphatic heterocycles. The molecule has 1 unspecified atom stereocenters. The van der Waals surface area contributed by atoms with Gasteiger partial charge in [-0.05, 0) is 45.6 Å². The van der Waals surface area contributed by atoms with Crippen molar-refractivity contribution in [1.29, 1.82) is 0 Å². The third kappa shape index (κ3) is 4.05. The maximum atomic E-state index is 12.2. The summed E-state index contributed by atoms with van der Waals surface area (Å²) >= 11 is 0. The number of amides is 1. The van der Waals surface area contributed by atoms with Gasteiger partial charge in [-0.1, -0.05) is 30.3 Å². The molecule has 20 heavy (non-hydrogen) atoms. The lowest BCUT2D eigenvalue weighted by Crippen LogP contribution is -2.41. The standard InChI is InChI=1S/C16H25N3O/c1-19(2)15(13-6-4-3-5-7-13)12-18-16(20)14-8-10-17-11-9-14/h3-7,14-15,17H,8-12H2,1-2H3,(H,18,20). The van der Waals surface area contributed by atoms with Crippen LogP contribution in [0.4, 0.5) is 0 Å². The highest BCUT2D eigenvalue weighted by atomic mass is 16.1. The molecule has 0 saturated carbocycles. The third-order valence-electron chi connectivity index (χ3n) is 3.99. The molecule has 1 saturated heterocycles. The van der Waals surface area contributed by atoms with Crippen molar-refractivity contribution < 1.29 is 4.79 Å². The zero-order valence-electron chi connectivity index (χ0n) is 12.4. The summed E-state index contributed by atoms with van der Waals surface area (Å²) < 4.78 is 0. The lowest BCUT2D eigenvalue weighted by Gasteiger charge is -2.27. The number of carbonyl (C=O) groups excluding carboxylic acids is 1. The van der Waals surface area contributed by atoms with Gasteiger partial charge in [-0.25, -0.2) is 0 Å². The van der Waals surface area contributed by atoms with Gasteiger partial charge < -0.3 is 15.5 Å². The summed E-state index contributed by atoms with van der Waals surface area (Å²) in [4.78, 5) is 14.3. The van der Waals surface area contributed by atoms with Crippen molar-refractivity contribution in [2.75, 3.05) is 33.7 Å². The topological polar surface area (TPSA) is 44.4 Å². The summed E-state index contributed by atoms with van der Waals surface area (Å²) in [5.41, 5.74) is 1.24. The van der Waals surface area contributed by atoms with Crippen LogP contribution in [-0.4, -0.2) is 44.5 Å². The van der Waals surface area contributed by atoms with Crippen LogP contribution in [0.3, 0.4) is 0 Å². The van der Waals surface area contributed by atoms with Gasteiger partial charge >= 0.3 is 0 Å². The van der Waals surface area contributed by atoms with Crippen molar-refractivity contribution in [3.05, 3.63) is 35.9 Å². The first-order chi connectivity index (χ1) is 9.68. The van der Waals surface area contributed by atoms with Crippen LogP contribution in [0.5, 0.6) is 0 Å². The molecular weight excluding hydrogens is 250 g/mol. The molecule has 0 aromatic heterocycles. The van der Waals surface area contributed by atoms with E-state index in [0.29, 0.717) is 6.54 Å². The van der Waals surface area contributed by atoms with E-state index >= 15 is 0 Å². The second kappa shape index (κ2) is 7.41. The molecule has 0 spiro atoms. The Morgan fingerprint density at radius 3 is 2.55 bits per heavy atom. The smallest absolute Gasteiger partial charge is 0.223 e. The van der Waals surface area contributed by atoms with Gasteiger partial charge in [0.2, 0.25) is 5.91 Å². The van der Waals surface area contributed by atoms with Gasteiger partial charge in [-0.3, -0.25) is 4.79 Å². The number of hydrogen-bond donors (Lipinski definition) is 2. The molecule has 1 aliphatic rings. The second-order valence-corrected chi connectivity index (χ2v) is 5.66. The van der Waals surface area contributed by atoms with Crippen LogP contribution in [0.15, 0.2) is 30.3 Å². The molecular formula is C16H25N3O. The molecule has 1 heterocycles. The molecule has 2 N–H and O–H groups in total. The van der Waals surface area contributed by atoms with Gasteiger partial charge in [0.05, 0.1) is 6.04 Å². The van der Waals surface area contributed by atoms with Gasteiger partial charge in [0, 0.05) is 12.5 Å². The number of nitrogens with zero attached hydrogens (tertiary/aromatic N) is 1. The van der Waals surface area contributed by atoms with E-state index in [9.17, 15) is 4.79 Å². The average Bonchev–Trinajstić information content (AvgIpc) is 2.49. The van der Waals surface area contributed by atoms with Gasteiger partial charge in [0.15, 0.2) is 0 Å². The zero-order valence-corrected chi connectivity index (χ0v) is 12.4. The first-order valence-corrected chi connectivity index (χ1v) is 7.38. The van der Waals surface area contributed by atoms with Gasteiger partial charge in [0.1, 0.15) is 0 Å². The van der Waals surface area contributed by atoms with E-state index in [1.165, 1.54) is 5.56 Å². The quantitative estimate of drug-likeness (QED) is 0.854. The molecule has 1 atom stereocenters. The maximum Gasteiger partial charge on any atom is 0.223 e. The number of rotatable bonds is 5. The predicted molar refractivity (Wildman–Crippen MR) is 81.5 cm³/mol. The van der Waals surface area contributed by atoms with E-state index in [4.69, 9.17) is 0 Å². The fourth-order valence-corrected chi connectivity index (χ4v) is 2.70. The van der Waals surface area contributed by atoms with Crippen LogP contribution in [0.2, 0.25) is 0 Å². The van der Waals surface area contributed by atoms with Gasteiger partial charge in [-0.15, -0.1) is 0 Å². The van der Waals surface area contributed by atoms with E-state index in [1.54, 1.807) is 0 Å². The number of benzene rings is 1. The lowest BCUT2D eigenvalue weighted by molar-refractivity contribution is -0.125. The summed E-state index contributed by atoms with van der Waals surface area (Å²) in [6.07, 6.45) is 1.90. The van der Waals surface area contributed by atoms with Crippen molar-refractivity contribution >= 4 is 5.91 Å². The van der Waals surface area contributed by atoms with Crippen molar-refractivity contribution in [1.82, 2.24) is 15.5 Å². The number of nitrogens with one attached hydrogen (secondary N) is 2. The van der Waals surface area contributed by atoms with Crippen molar-refractivity contribution in [3.63, 3.8) is 0 Å². The van der Waals surface area contributed by atoms with E-state index in [-0.39, 0.29) is 17.9 Å². The minimum atomic E-state index is 0.176. The summed E-state index contributed by atoms with van der Waals surface area (Å²) in [6.45, 7) is 2.57. The Morgan fingerprint density at radius 1 is 1.30 bits per heavy atom. The highest BCUT2D eigenvalue weighted by Crippen LogP contribution is 2.17. The molecule has 110 valence electrons. The van der Waals surface area contributed by atoms with Crippen LogP contribution in [0, 0.1) is 5.92 Å². The number of likely N-dealkylation sites (N-methyl/N-ethyl adjacent to an activating group) is 1.